The fraction of sp³-hybridized carbons (Fsp3) is 0.375. The van der Waals surface area contributed by atoms with E-state index in [0.717, 1.165) is 0 Å². The van der Waals surface area contributed by atoms with Crippen LogP contribution in [0.15, 0.2) is 22.8 Å². The molecule has 0 fully saturated rings. The molecule has 1 aromatic rings. The molecule has 0 aromatic carbocycles. The maximum atomic E-state index is 10.2. The molecule has 60 valence electrons. The third-order valence-electron chi connectivity index (χ3n) is 1.55. The van der Waals surface area contributed by atoms with Crippen LogP contribution in [0.2, 0.25) is 0 Å². The molecule has 0 aliphatic rings. The quantitative estimate of drug-likeness (QED) is 0.664. The summed E-state index contributed by atoms with van der Waals surface area (Å²) in [6.07, 6.45) is 1.35. The Morgan fingerprint density at radius 3 is 2.91 bits per heavy atom. The van der Waals surface area contributed by atoms with Crippen molar-refractivity contribution in [1.82, 2.24) is 0 Å². The molecule has 0 radical (unpaired) electrons. The molecule has 0 saturated heterocycles. The molecule has 0 bridgehead atoms. The van der Waals surface area contributed by atoms with E-state index in [2.05, 4.69) is 0 Å². The molecule has 0 aliphatic heterocycles. The molecule has 0 spiro atoms. The smallest absolute Gasteiger partial charge is 0.132 e. The Bertz CT molecular complexity index is 215. The van der Waals surface area contributed by atoms with Crippen LogP contribution in [-0.2, 0) is 4.79 Å². The van der Waals surface area contributed by atoms with Crippen LogP contribution in [0.4, 0.5) is 0 Å². The Kier molecular flexibility index (Phi) is 2.44. The lowest BCUT2D eigenvalue weighted by Crippen LogP contribution is -2.08. The second-order valence-electron chi connectivity index (χ2n) is 2.46. The molecule has 1 N–H and O–H groups in total. The van der Waals surface area contributed by atoms with Gasteiger partial charge in [-0.05, 0) is 12.1 Å². The molecule has 0 unspecified atom stereocenters. The van der Waals surface area contributed by atoms with Crippen molar-refractivity contribution in [2.24, 2.45) is 5.92 Å². The zero-order valence-corrected chi connectivity index (χ0v) is 6.23. The normalized spacial score (nSPS) is 15.8. The van der Waals surface area contributed by atoms with Crippen LogP contribution < -0.4 is 0 Å². The average Bonchev–Trinajstić information content (AvgIpc) is 2.53. The molecule has 0 amide bonds. The van der Waals surface area contributed by atoms with Crippen molar-refractivity contribution < 1.29 is 14.3 Å². The van der Waals surface area contributed by atoms with Crippen LogP contribution in [0.1, 0.15) is 18.8 Å². The Labute approximate surface area is 64.6 Å². The van der Waals surface area contributed by atoms with Crippen LogP contribution in [0.5, 0.6) is 0 Å². The van der Waals surface area contributed by atoms with E-state index in [4.69, 9.17) is 4.42 Å². The van der Waals surface area contributed by atoms with Crippen molar-refractivity contribution in [3.8, 4) is 0 Å². The van der Waals surface area contributed by atoms with Gasteiger partial charge in [0.2, 0.25) is 0 Å². The lowest BCUT2D eigenvalue weighted by atomic mass is 10.1. The first-order chi connectivity index (χ1) is 5.25. The SMILES string of the molecule is C[C@H](C=O)[C@@H](O)c1ccco1. The molecule has 0 saturated carbocycles. The van der Waals surface area contributed by atoms with Gasteiger partial charge in [-0.2, -0.15) is 0 Å². The summed E-state index contributed by atoms with van der Waals surface area (Å²) in [5, 5.41) is 9.35. The van der Waals surface area contributed by atoms with E-state index in [1.807, 2.05) is 0 Å². The monoisotopic (exact) mass is 154 g/mol. The van der Waals surface area contributed by atoms with Gasteiger partial charge >= 0.3 is 0 Å². The highest BCUT2D eigenvalue weighted by Gasteiger charge is 2.17. The topological polar surface area (TPSA) is 50.4 Å². The van der Waals surface area contributed by atoms with Crippen molar-refractivity contribution in [1.29, 1.82) is 0 Å². The van der Waals surface area contributed by atoms with E-state index in [0.29, 0.717) is 12.0 Å². The van der Waals surface area contributed by atoms with Gasteiger partial charge in [0.15, 0.2) is 0 Å². The predicted molar refractivity (Wildman–Crippen MR) is 38.9 cm³/mol. The Balaban J connectivity index is 2.69. The molecule has 0 aliphatic carbocycles. The first kappa shape index (κ1) is 8.01. The van der Waals surface area contributed by atoms with Gasteiger partial charge in [-0.25, -0.2) is 0 Å². The number of furan rings is 1. The molecule has 3 nitrogen and oxygen atoms in total. The van der Waals surface area contributed by atoms with Crippen molar-refractivity contribution in [3.63, 3.8) is 0 Å². The molecule has 3 heteroatoms. The van der Waals surface area contributed by atoms with Crippen molar-refractivity contribution >= 4 is 6.29 Å². The van der Waals surface area contributed by atoms with Crippen molar-refractivity contribution in [2.75, 3.05) is 0 Å². The second kappa shape index (κ2) is 3.34. The van der Waals surface area contributed by atoms with Crippen LogP contribution >= 0.6 is 0 Å². The van der Waals surface area contributed by atoms with Crippen LogP contribution in [0.25, 0.3) is 0 Å². The highest BCUT2D eigenvalue weighted by molar-refractivity contribution is 5.54. The number of carbonyl (C=O) groups is 1. The number of hydrogen-bond acceptors (Lipinski definition) is 3. The third-order valence-corrected chi connectivity index (χ3v) is 1.55. The first-order valence-corrected chi connectivity index (χ1v) is 3.42. The largest absolute Gasteiger partial charge is 0.467 e. The Hall–Kier alpha value is -1.09. The summed E-state index contributed by atoms with van der Waals surface area (Å²) in [6, 6.07) is 3.32. The number of rotatable bonds is 3. The minimum absolute atomic E-state index is 0.416. The van der Waals surface area contributed by atoms with Gasteiger partial charge in [0.1, 0.15) is 18.2 Å². The van der Waals surface area contributed by atoms with Gasteiger partial charge in [0.05, 0.1) is 6.26 Å². The summed E-state index contributed by atoms with van der Waals surface area (Å²) < 4.78 is 4.91. The van der Waals surface area contributed by atoms with E-state index in [9.17, 15) is 9.90 Å². The molecule has 1 heterocycles. The summed E-state index contributed by atoms with van der Waals surface area (Å²) in [6.45, 7) is 1.64. The van der Waals surface area contributed by atoms with Crippen LogP contribution in [0, 0.1) is 5.92 Å². The fourth-order valence-corrected chi connectivity index (χ4v) is 0.793. The van der Waals surface area contributed by atoms with E-state index in [-0.39, 0.29) is 0 Å². The highest BCUT2D eigenvalue weighted by atomic mass is 16.4. The minimum Gasteiger partial charge on any atom is -0.467 e. The number of hydrogen-bond donors (Lipinski definition) is 1. The molecular formula is C8H10O3. The van der Waals surface area contributed by atoms with Gasteiger partial charge in [0.25, 0.3) is 0 Å². The summed E-state index contributed by atoms with van der Waals surface area (Å²) in [7, 11) is 0. The zero-order valence-electron chi connectivity index (χ0n) is 6.23. The maximum Gasteiger partial charge on any atom is 0.132 e. The van der Waals surface area contributed by atoms with Gasteiger partial charge in [0, 0.05) is 5.92 Å². The summed E-state index contributed by atoms with van der Waals surface area (Å²) in [4.78, 5) is 10.2. The maximum absolute atomic E-state index is 10.2. The second-order valence-corrected chi connectivity index (χ2v) is 2.46. The number of aliphatic hydroxyl groups is 1. The van der Waals surface area contributed by atoms with Gasteiger partial charge in [-0.15, -0.1) is 0 Å². The zero-order chi connectivity index (χ0) is 8.27. The molecule has 2 atom stereocenters. The van der Waals surface area contributed by atoms with Gasteiger partial charge in [-0.1, -0.05) is 6.92 Å². The molecular weight excluding hydrogens is 144 g/mol. The lowest BCUT2D eigenvalue weighted by molar-refractivity contribution is -0.114. The van der Waals surface area contributed by atoms with Crippen LogP contribution in [-0.4, -0.2) is 11.4 Å². The van der Waals surface area contributed by atoms with Crippen LogP contribution in [0.3, 0.4) is 0 Å². The third kappa shape index (κ3) is 1.68. The Morgan fingerprint density at radius 1 is 1.73 bits per heavy atom. The standard InChI is InChI=1S/C8H10O3/c1-6(5-9)8(10)7-3-2-4-11-7/h2-6,8,10H,1H3/t6-,8-/m1/s1. The number of carbonyl (C=O) groups excluding carboxylic acids is 1. The summed E-state index contributed by atoms with van der Waals surface area (Å²) >= 11 is 0. The first-order valence-electron chi connectivity index (χ1n) is 3.42. The predicted octanol–water partition coefficient (Wildman–Crippen LogP) is 1.15. The molecule has 1 rings (SSSR count). The van der Waals surface area contributed by atoms with E-state index in [1.165, 1.54) is 6.26 Å². The van der Waals surface area contributed by atoms with E-state index in [1.54, 1.807) is 19.1 Å². The summed E-state index contributed by atoms with van der Waals surface area (Å²) in [5.41, 5.74) is 0. The van der Waals surface area contributed by atoms with E-state index >= 15 is 0 Å². The molecule has 1 aromatic heterocycles. The van der Waals surface area contributed by atoms with Gasteiger partial charge in [-0.3, -0.25) is 0 Å². The molecule has 11 heavy (non-hydrogen) atoms. The summed E-state index contributed by atoms with van der Waals surface area (Å²) in [5.74, 6) is 0.0192. The fourth-order valence-electron chi connectivity index (χ4n) is 0.793. The van der Waals surface area contributed by atoms with Crippen molar-refractivity contribution in [2.45, 2.75) is 13.0 Å². The number of aliphatic hydroxyl groups excluding tert-OH is 1. The highest BCUT2D eigenvalue weighted by Crippen LogP contribution is 2.19. The number of aldehydes is 1. The van der Waals surface area contributed by atoms with Crippen molar-refractivity contribution in [3.05, 3.63) is 24.2 Å². The van der Waals surface area contributed by atoms with E-state index < -0.39 is 12.0 Å². The van der Waals surface area contributed by atoms with Gasteiger partial charge < -0.3 is 14.3 Å². The minimum atomic E-state index is -0.817. The average molecular weight is 154 g/mol. The Morgan fingerprint density at radius 2 is 2.45 bits per heavy atom. The lowest BCUT2D eigenvalue weighted by Gasteiger charge is -2.08.